The molecule has 31 heavy (non-hydrogen) atoms. The first-order valence-electron chi connectivity index (χ1n) is 9.34. The maximum atomic E-state index is 13.1. The fraction of sp³-hybridized carbons (Fsp3) is 0.136. The summed E-state index contributed by atoms with van der Waals surface area (Å²) in [5.41, 5.74) is 0.969. The molecule has 0 fully saturated rings. The first-order chi connectivity index (χ1) is 14.8. The van der Waals surface area contributed by atoms with Crippen molar-refractivity contribution in [3.05, 3.63) is 81.1 Å². The van der Waals surface area contributed by atoms with E-state index in [0.717, 1.165) is 23.3 Å². The van der Waals surface area contributed by atoms with E-state index in [1.165, 1.54) is 34.1 Å². The number of hydrogen-bond donors (Lipinski definition) is 0. The molecule has 1 aliphatic rings. The predicted molar refractivity (Wildman–Crippen MR) is 111 cm³/mol. The highest BCUT2D eigenvalue weighted by molar-refractivity contribution is 7.13. The van der Waals surface area contributed by atoms with Gasteiger partial charge in [0.15, 0.2) is 0 Å². The Morgan fingerprint density at radius 1 is 1.06 bits per heavy atom. The Morgan fingerprint density at radius 2 is 1.84 bits per heavy atom. The van der Waals surface area contributed by atoms with Crippen molar-refractivity contribution < 1.29 is 17.6 Å². The summed E-state index contributed by atoms with van der Waals surface area (Å²) in [6, 6.07) is 8.98. The van der Waals surface area contributed by atoms with Crippen LogP contribution in [0.4, 0.5) is 17.6 Å². The Hall–Kier alpha value is -3.33. The summed E-state index contributed by atoms with van der Waals surface area (Å²) in [6.07, 6.45) is -2.20. The van der Waals surface area contributed by atoms with Crippen LogP contribution in [0.15, 0.2) is 52.6 Å². The van der Waals surface area contributed by atoms with Crippen LogP contribution in [0, 0.1) is 5.82 Å². The molecule has 0 bridgehead atoms. The second-order valence-corrected chi connectivity index (χ2v) is 7.98. The molecule has 1 aliphatic heterocycles. The van der Waals surface area contributed by atoms with Gasteiger partial charge in [0, 0.05) is 17.5 Å². The second kappa shape index (κ2) is 7.12. The van der Waals surface area contributed by atoms with Crippen molar-refractivity contribution in [1.82, 2.24) is 14.5 Å². The minimum atomic E-state index is -4.51. The van der Waals surface area contributed by atoms with E-state index < -0.39 is 11.7 Å². The molecule has 9 heteroatoms. The van der Waals surface area contributed by atoms with E-state index in [2.05, 4.69) is 9.97 Å². The smallest absolute Gasteiger partial charge is 0.292 e. The third-order valence-electron chi connectivity index (χ3n) is 5.11. The average Bonchev–Trinajstić information content (AvgIpc) is 3.36. The number of thiazole rings is 1. The SMILES string of the molecule is O=c1c2ccc(C(F)(F)F)cc2nc2n1CC/C2=C\c1csc(-c2ccc(F)cc2)n1. The van der Waals surface area contributed by atoms with Crippen LogP contribution in [0.1, 0.15) is 23.5 Å². The molecule has 2 aromatic heterocycles. The number of halogens is 4. The lowest BCUT2D eigenvalue weighted by Gasteiger charge is -2.09. The first-order valence-corrected chi connectivity index (χ1v) is 10.2. The van der Waals surface area contributed by atoms with Gasteiger partial charge in [0.05, 0.1) is 22.2 Å². The highest BCUT2D eigenvalue weighted by Gasteiger charge is 2.31. The van der Waals surface area contributed by atoms with Gasteiger partial charge in [-0.25, -0.2) is 14.4 Å². The zero-order valence-electron chi connectivity index (χ0n) is 15.8. The molecule has 0 saturated heterocycles. The van der Waals surface area contributed by atoms with Crippen molar-refractivity contribution in [2.45, 2.75) is 19.1 Å². The summed E-state index contributed by atoms with van der Waals surface area (Å²) in [5, 5.41) is 2.70. The van der Waals surface area contributed by atoms with Gasteiger partial charge in [-0.3, -0.25) is 9.36 Å². The quantitative estimate of drug-likeness (QED) is 0.378. The van der Waals surface area contributed by atoms with Gasteiger partial charge in [0.25, 0.3) is 5.56 Å². The molecule has 4 aromatic rings. The molecule has 4 nitrogen and oxygen atoms in total. The lowest BCUT2D eigenvalue weighted by atomic mass is 10.1. The summed E-state index contributed by atoms with van der Waals surface area (Å²) in [7, 11) is 0. The summed E-state index contributed by atoms with van der Waals surface area (Å²) in [4.78, 5) is 21.7. The molecule has 0 atom stereocenters. The lowest BCUT2D eigenvalue weighted by Crippen LogP contribution is -2.21. The number of nitrogens with zero attached hydrogens (tertiary/aromatic N) is 3. The van der Waals surface area contributed by atoms with E-state index in [1.807, 2.05) is 5.38 Å². The number of rotatable bonds is 2. The van der Waals surface area contributed by atoms with Crippen molar-refractivity contribution in [1.29, 1.82) is 0 Å². The normalized spacial score (nSPS) is 15.0. The van der Waals surface area contributed by atoms with Crippen LogP contribution >= 0.6 is 11.3 Å². The Kier molecular flexibility index (Phi) is 4.51. The van der Waals surface area contributed by atoms with Crippen LogP contribution in [-0.2, 0) is 12.7 Å². The molecular formula is C22H13F4N3OS. The van der Waals surface area contributed by atoms with E-state index in [1.54, 1.807) is 18.2 Å². The molecule has 0 aliphatic carbocycles. The van der Waals surface area contributed by atoms with Crippen molar-refractivity contribution in [3.8, 4) is 10.6 Å². The average molecular weight is 443 g/mol. The summed E-state index contributed by atoms with van der Waals surface area (Å²) < 4.78 is 53.8. The van der Waals surface area contributed by atoms with Gasteiger partial charge in [-0.05, 0) is 60.5 Å². The minimum Gasteiger partial charge on any atom is -0.292 e. The van der Waals surface area contributed by atoms with E-state index >= 15 is 0 Å². The number of benzene rings is 2. The Bertz CT molecular complexity index is 1400. The molecule has 0 radical (unpaired) electrons. The maximum absolute atomic E-state index is 13.1. The van der Waals surface area contributed by atoms with Crippen LogP contribution in [-0.4, -0.2) is 14.5 Å². The Morgan fingerprint density at radius 3 is 2.58 bits per heavy atom. The van der Waals surface area contributed by atoms with Crippen LogP contribution in [0.2, 0.25) is 0 Å². The number of alkyl halides is 3. The molecule has 0 unspecified atom stereocenters. The molecule has 156 valence electrons. The minimum absolute atomic E-state index is 0.0177. The first kappa shape index (κ1) is 19.6. The van der Waals surface area contributed by atoms with Gasteiger partial charge in [-0.1, -0.05) is 0 Å². The van der Waals surface area contributed by atoms with Gasteiger partial charge in [0.2, 0.25) is 0 Å². The Labute approximate surface area is 177 Å². The predicted octanol–water partition coefficient (Wildman–Crippen LogP) is 5.62. The van der Waals surface area contributed by atoms with Crippen molar-refractivity contribution in [3.63, 3.8) is 0 Å². The summed E-state index contributed by atoms with van der Waals surface area (Å²) in [6.45, 7) is 0.402. The lowest BCUT2D eigenvalue weighted by molar-refractivity contribution is -0.137. The molecule has 5 rings (SSSR count). The molecule has 2 aromatic carbocycles. The van der Waals surface area contributed by atoms with Crippen LogP contribution in [0.5, 0.6) is 0 Å². The zero-order valence-corrected chi connectivity index (χ0v) is 16.6. The number of aromatic nitrogens is 3. The van der Waals surface area contributed by atoms with E-state index in [0.29, 0.717) is 29.5 Å². The zero-order chi connectivity index (χ0) is 21.8. The van der Waals surface area contributed by atoms with Gasteiger partial charge in [0.1, 0.15) is 16.6 Å². The van der Waals surface area contributed by atoms with Crippen molar-refractivity contribution in [2.75, 3.05) is 0 Å². The molecular weight excluding hydrogens is 430 g/mol. The van der Waals surface area contributed by atoms with Crippen LogP contribution < -0.4 is 5.56 Å². The second-order valence-electron chi connectivity index (χ2n) is 7.13. The van der Waals surface area contributed by atoms with Crippen LogP contribution in [0.3, 0.4) is 0 Å². The molecule has 0 amide bonds. The standard InChI is InChI=1S/C22H13F4N3OS/c23-15-4-1-12(2-5-15)20-27-16(11-31-20)9-13-7-8-29-19(13)28-18-10-14(22(24,25)26)3-6-17(18)21(29)30/h1-6,9-11H,7-8H2/b13-9+. The monoisotopic (exact) mass is 443 g/mol. The van der Waals surface area contributed by atoms with E-state index in [4.69, 9.17) is 0 Å². The van der Waals surface area contributed by atoms with Gasteiger partial charge >= 0.3 is 6.18 Å². The third-order valence-corrected chi connectivity index (χ3v) is 6.02. The summed E-state index contributed by atoms with van der Waals surface area (Å²) in [5.74, 6) is 0.0239. The fourth-order valence-corrected chi connectivity index (χ4v) is 4.37. The largest absolute Gasteiger partial charge is 0.416 e. The molecule has 0 spiro atoms. The number of fused-ring (bicyclic) bond motifs is 2. The van der Waals surface area contributed by atoms with Crippen LogP contribution in [0.25, 0.3) is 33.1 Å². The maximum Gasteiger partial charge on any atom is 0.416 e. The third kappa shape index (κ3) is 3.54. The molecule has 0 saturated carbocycles. The number of allylic oxidation sites excluding steroid dienone is 1. The van der Waals surface area contributed by atoms with Crippen molar-refractivity contribution in [2.24, 2.45) is 0 Å². The topological polar surface area (TPSA) is 47.8 Å². The molecule has 0 N–H and O–H groups in total. The summed E-state index contributed by atoms with van der Waals surface area (Å²) >= 11 is 1.39. The van der Waals surface area contributed by atoms with E-state index in [9.17, 15) is 22.4 Å². The van der Waals surface area contributed by atoms with E-state index in [-0.39, 0.29) is 22.3 Å². The van der Waals surface area contributed by atoms with Crippen molar-refractivity contribution >= 4 is 33.9 Å². The van der Waals surface area contributed by atoms with Gasteiger partial charge < -0.3 is 0 Å². The highest BCUT2D eigenvalue weighted by atomic mass is 32.1. The van der Waals surface area contributed by atoms with Gasteiger partial charge in [-0.15, -0.1) is 11.3 Å². The number of hydrogen-bond acceptors (Lipinski definition) is 4. The highest BCUT2D eigenvalue weighted by Crippen LogP contribution is 2.33. The molecule has 3 heterocycles. The fourth-order valence-electron chi connectivity index (χ4n) is 3.59. The Balaban J connectivity index is 1.56. The van der Waals surface area contributed by atoms with Gasteiger partial charge in [-0.2, -0.15) is 13.2 Å².